The number of nitrogens with one attached hydrogen (secondary N) is 1. The maximum atomic E-state index is 13.5. The summed E-state index contributed by atoms with van der Waals surface area (Å²) in [5.41, 5.74) is 0.00542. The van der Waals surface area contributed by atoms with E-state index in [2.05, 4.69) is 29.4 Å². The monoisotopic (exact) mass is 293 g/mol. The Balaban J connectivity index is 2.07. The van der Waals surface area contributed by atoms with Crippen LogP contribution < -0.4 is 5.32 Å². The van der Waals surface area contributed by atoms with E-state index < -0.39 is 11.7 Å². The molecule has 0 aliphatic rings. The minimum Gasteiger partial charge on any atom is -0.296 e. The predicted molar refractivity (Wildman–Crippen MR) is 77.6 cm³/mol. The molecule has 0 saturated heterocycles. The zero-order valence-corrected chi connectivity index (χ0v) is 12.2. The second kappa shape index (κ2) is 6.56. The van der Waals surface area contributed by atoms with E-state index in [0.717, 1.165) is 17.8 Å². The number of carbonyl (C=O) groups is 1. The minimum atomic E-state index is -0.547. The van der Waals surface area contributed by atoms with Crippen LogP contribution >= 0.6 is 11.3 Å². The summed E-state index contributed by atoms with van der Waals surface area (Å²) in [5, 5.41) is 11.9. The van der Waals surface area contributed by atoms with Gasteiger partial charge in [-0.1, -0.05) is 43.7 Å². The van der Waals surface area contributed by atoms with Crippen LogP contribution in [0.4, 0.5) is 9.52 Å². The molecule has 0 bridgehead atoms. The number of halogens is 1. The number of nitrogens with zero attached hydrogens (tertiary/aromatic N) is 2. The molecular weight excluding hydrogens is 277 g/mol. The Labute approximate surface area is 121 Å². The van der Waals surface area contributed by atoms with E-state index in [9.17, 15) is 9.18 Å². The van der Waals surface area contributed by atoms with Gasteiger partial charge in [0.1, 0.15) is 10.8 Å². The number of hydrogen-bond acceptors (Lipinski definition) is 4. The van der Waals surface area contributed by atoms with Gasteiger partial charge in [-0.15, -0.1) is 10.2 Å². The Bertz CT molecular complexity index is 600. The predicted octanol–water partition coefficient (Wildman–Crippen LogP) is 3.83. The summed E-state index contributed by atoms with van der Waals surface area (Å²) in [6, 6.07) is 5.85. The molecule has 20 heavy (non-hydrogen) atoms. The molecule has 4 nitrogen and oxygen atoms in total. The van der Waals surface area contributed by atoms with E-state index in [1.807, 2.05) is 0 Å². The second-order valence-corrected chi connectivity index (χ2v) is 5.58. The number of aromatic nitrogens is 2. The van der Waals surface area contributed by atoms with E-state index in [0.29, 0.717) is 11.0 Å². The highest BCUT2D eigenvalue weighted by molar-refractivity contribution is 7.15. The average Bonchev–Trinajstić information content (AvgIpc) is 2.88. The maximum absolute atomic E-state index is 13.5. The number of amides is 1. The zero-order valence-electron chi connectivity index (χ0n) is 11.4. The Hall–Kier alpha value is -1.82. The SMILES string of the molecule is CCC[C@H](C)c1nnc(NC(=O)c2ccccc2F)s1. The molecule has 0 unspecified atom stereocenters. The summed E-state index contributed by atoms with van der Waals surface area (Å²) in [6.45, 7) is 4.19. The molecule has 0 radical (unpaired) electrons. The van der Waals surface area contributed by atoms with Crippen LogP contribution in [0.2, 0.25) is 0 Å². The third kappa shape index (κ3) is 3.39. The van der Waals surface area contributed by atoms with Crippen LogP contribution in [0.15, 0.2) is 24.3 Å². The lowest BCUT2D eigenvalue weighted by Crippen LogP contribution is -2.13. The smallest absolute Gasteiger partial charge is 0.260 e. The van der Waals surface area contributed by atoms with Gasteiger partial charge in [0, 0.05) is 5.92 Å². The summed E-state index contributed by atoms with van der Waals surface area (Å²) >= 11 is 1.33. The fraction of sp³-hybridized carbons (Fsp3) is 0.357. The van der Waals surface area contributed by atoms with Crippen LogP contribution in [0.3, 0.4) is 0 Å². The largest absolute Gasteiger partial charge is 0.296 e. The first-order chi connectivity index (χ1) is 9.61. The molecule has 1 N–H and O–H groups in total. The molecule has 1 aromatic heterocycles. The summed E-state index contributed by atoms with van der Waals surface area (Å²) in [7, 11) is 0. The van der Waals surface area contributed by atoms with Crippen molar-refractivity contribution in [3.8, 4) is 0 Å². The third-order valence-corrected chi connectivity index (χ3v) is 3.99. The van der Waals surface area contributed by atoms with Crippen LogP contribution in [0.5, 0.6) is 0 Å². The van der Waals surface area contributed by atoms with Crippen molar-refractivity contribution in [3.63, 3.8) is 0 Å². The number of anilines is 1. The Morgan fingerprint density at radius 2 is 2.15 bits per heavy atom. The lowest BCUT2D eigenvalue weighted by molar-refractivity contribution is 0.102. The van der Waals surface area contributed by atoms with Gasteiger partial charge in [-0.05, 0) is 18.6 Å². The van der Waals surface area contributed by atoms with E-state index in [-0.39, 0.29) is 5.56 Å². The fourth-order valence-corrected chi connectivity index (χ4v) is 2.67. The Kier molecular flexibility index (Phi) is 4.79. The van der Waals surface area contributed by atoms with Crippen molar-refractivity contribution in [1.29, 1.82) is 0 Å². The summed E-state index contributed by atoms with van der Waals surface area (Å²) < 4.78 is 13.5. The Morgan fingerprint density at radius 1 is 1.40 bits per heavy atom. The van der Waals surface area contributed by atoms with Crippen LogP contribution in [0, 0.1) is 5.82 Å². The topological polar surface area (TPSA) is 54.9 Å². The average molecular weight is 293 g/mol. The highest BCUT2D eigenvalue weighted by Gasteiger charge is 2.15. The molecule has 1 atom stereocenters. The molecule has 1 amide bonds. The zero-order chi connectivity index (χ0) is 14.5. The third-order valence-electron chi connectivity index (χ3n) is 2.92. The van der Waals surface area contributed by atoms with Crippen molar-refractivity contribution >= 4 is 22.4 Å². The highest BCUT2D eigenvalue weighted by atomic mass is 32.1. The summed E-state index contributed by atoms with van der Waals surface area (Å²) in [6.07, 6.45) is 2.09. The van der Waals surface area contributed by atoms with Crippen LogP contribution in [0.25, 0.3) is 0 Å². The van der Waals surface area contributed by atoms with Crippen molar-refractivity contribution in [1.82, 2.24) is 10.2 Å². The molecule has 106 valence electrons. The second-order valence-electron chi connectivity index (χ2n) is 4.57. The summed E-state index contributed by atoms with van der Waals surface area (Å²) in [5.74, 6) is -0.736. The van der Waals surface area contributed by atoms with Gasteiger partial charge in [-0.2, -0.15) is 0 Å². The van der Waals surface area contributed by atoms with E-state index in [1.54, 1.807) is 12.1 Å². The van der Waals surface area contributed by atoms with Crippen molar-refractivity contribution < 1.29 is 9.18 Å². The van der Waals surface area contributed by atoms with E-state index in [1.165, 1.54) is 23.5 Å². The van der Waals surface area contributed by atoms with Gasteiger partial charge in [-0.3, -0.25) is 10.1 Å². The molecule has 0 fully saturated rings. The fourth-order valence-electron chi connectivity index (χ4n) is 1.85. The molecule has 2 aromatic rings. The van der Waals surface area contributed by atoms with Gasteiger partial charge in [0.2, 0.25) is 5.13 Å². The first-order valence-corrected chi connectivity index (χ1v) is 7.32. The molecule has 1 heterocycles. The first kappa shape index (κ1) is 14.6. The number of hydrogen-bond donors (Lipinski definition) is 1. The lowest BCUT2D eigenvalue weighted by Gasteiger charge is -2.03. The van der Waals surface area contributed by atoms with Crippen molar-refractivity contribution in [2.45, 2.75) is 32.6 Å². The van der Waals surface area contributed by atoms with Gasteiger partial charge in [0.05, 0.1) is 5.56 Å². The Morgan fingerprint density at radius 3 is 2.85 bits per heavy atom. The first-order valence-electron chi connectivity index (χ1n) is 6.51. The molecule has 2 rings (SSSR count). The van der Waals surface area contributed by atoms with E-state index >= 15 is 0 Å². The van der Waals surface area contributed by atoms with Crippen molar-refractivity contribution in [2.24, 2.45) is 0 Å². The molecule has 1 aromatic carbocycles. The maximum Gasteiger partial charge on any atom is 0.260 e. The van der Waals surface area contributed by atoms with Gasteiger partial charge < -0.3 is 0 Å². The molecular formula is C14H16FN3OS. The van der Waals surface area contributed by atoms with Crippen LogP contribution in [-0.4, -0.2) is 16.1 Å². The number of carbonyl (C=O) groups excluding carboxylic acids is 1. The lowest BCUT2D eigenvalue weighted by atomic mass is 10.1. The van der Waals surface area contributed by atoms with Gasteiger partial charge in [0.25, 0.3) is 5.91 Å². The molecule has 6 heteroatoms. The van der Waals surface area contributed by atoms with Gasteiger partial charge in [0.15, 0.2) is 0 Å². The molecule has 0 aliphatic carbocycles. The van der Waals surface area contributed by atoms with E-state index in [4.69, 9.17) is 0 Å². The van der Waals surface area contributed by atoms with Gasteiger partial charge in [-0.25, -0.2) is 4.39 Å². The standard InChI is InChI=1S/C14H16FN3OS/c1-3-6-9(2)13-17-18-14(20-13)16-12(19)10-7-4-5-8-11(10)15/h4-5,7-9H,3,6H2,1-2H3,(H,16,18,19)/t9-/m0/s1. The number of rotatable bonds is 5. The van der Waals surface area contributed by atoms with Crippen molar-refractivity contribution in [2.75, 3.05) is 5.32 Å². The molecule has 0 spiro atoms. The normalized spacial score (nSPS) is 12.2. The molecule has 0 saturated carbocycles. The summed E-state index contributed by atoms with van der Waals surface area (Å²) in [4.78, 5) is 11.9. The minimum absolute atomic E-state index is 0.00542. The quantitative estimate of drug-likeness (QED) is 0.911. The highest BCUT2D eigenvalue weighted by Crippen LogP contribution is 2.26. The van der Waals surface area contributed by atoms with Crippen LogP contribution in [-0.2, 0) is 0 Å². The van der Waals surface area contributed by atoms with Crippen LogP contribution in [0.1, 0.15) is 48.0 Å². The molecule has 0 aliphatic heterocycles. The van der Waals surface area contributed by atoms with Crippen molar-refractivity contribution in [3.05, 3.63) is 40.7 Å². The van der Waals surface area contributed by atoms with Gasteiger partial charge >= 0.3 is 0 Å². The number of benzene rings is 1.